The zero-order valence-electron chi connectivity index (χ0n) is 12.2. The molecule has 2 aromatic rings. The largest absolute Gasteiger partial charge is 0.493 e. The molecule has 110 valence electrons. The summed E-state index contributed by atoms with van der Waals surface area (Å²) in [4.78, 5) is 12.6. The number of ketones is 1. The van der Waals surface area contributed by atoms with Gasteiger partial charge < -0.3 is 19.9 Å². The molecular weight excluding hydrogens is 270 g/mol. The Labute approximate surface area is 123 Å². The minimum atomic E-state index is -0.202. The molecule has 0 bridgehead atoms. The average Bonchev–Trinajstić information content (AvgIpc) is 2.53. The lowest BCUT2D eigenvalue weighted by Crippen LogP contribution is -2.06. The van der Waals surface area contributed by atoms with E-state index in [1.807, 2.05) is 0 Å². The third kappa shape index (κ3) is 2.76. The van der Waals surface area contributed by atoms with Crippen LogP contribution in [-0.4, -0.2) is 27.1 Å². The van der Waals surface area contributed by atoms with Crippen LogP contribution in [0.25, 0.3) is 0 Å². The first kappa shape index (κ1) is 14.7. The Morgan fingerprint density at radius 2 is 1.52 bits per heavy atom. The zero-order valence-corrected chi connectivity index (χ0v) is 12.2. The molecule has 5 heteroatoms. The Balaban J connectivity index is 2.54. The average molecular weight is 287 g/mol. The van der Waals surface area contributed by atoms with Gasteiger partial charge in [-0.25, -0.2) is 0 Å². The van der Waals surface area contributed by atoms with E-state index >= 15 is 0 Å². The Kier molecular flexibility index (Phi) is 4.33. The summed E-state index contributed by atoms with van der Waals surface area (Å²) in [7, 11) is 4.52. The van der Waals surface area contributed by atoms with E-state index < -0.39 is 0 Å². The molecule has 0 unspecified atom stereocenters. The van der Waals surface area contributed by atoms with E-state index in [0.29, 0.717) is 34.1 Å². The Morgan fingerprint density at radius 3 is 2.00 bits per heavy atom. The summed E-state index contributed by atoms with van der Waals surface area (Å²) in [6.07, 6.45) is 0. The van der Waals surface area contributed by atoms with Crippen LogP contribution >= 0.6 is 0 Å². The van der Waals surface area contributed by atoms with Crippen molar-refractivity contribution in [3.05, 3.63) is 47.5 Å². The second-order valence-electron chi connectivity index (χ2n) is 4.33. The van der Waals surface area contributed by atoms with Gasteiger partial charge in [0.25, 0.3) is 0 Å². The van der Waals surface area contributed by atoms with E-state index in [1.165, 1.54) is 21.3 Å². The predicted octanol–water partition coefficient (Wildman–Crippen LogP) is 2.53. The topological polar surface area (TPSA) is 70.8 Å². The fourth-order valence-electron chi connectivity index (χ4n) is 2.07. The summed E-state index contributed by atoms with van der Waals surface area (Å²) in [6, 6.07) is 10.1. The van der Waals surface area contributed by atoms with Gasteiger partial charge in [0.15, 0.2) is 17.3 Å². The van der Waals surface area contributed by atoms with Crippen molar-refractivity contribution in [1.29, 1.82) is 0 Å². The number of carbonyl (C=O) groups excluding carboxylic acids is 1. The van der Waals surface area contributed by atoms with Crippen LogP contribution < -0.4 is 19.9 Å². The van der Waals surface area contributed by atoms with E-state index in [0.717, 1.165) is 0 Å². The SMILES string of the molecule is COc1cc(C(=O)c2ccccc2N)cc(OC)c1OC. The van der Waals surface area contributed by atoms with E-state index in [-0.39, 0.29) is 5.78 Å². The van der Waals surface area contributed by atoms with E-state index in [9.17, 15) is 4.79 Å². The summed E-state index contributed by atoms with van der Waals surface area (Å²) < 4.78 is 15.7. The minimum Gasteiger partial charge on any atom is -0.493 e. The normalized spacial score (nSPS) is 10.0. The Morgan fingerprint density at radius 1 is 0.952 bits per heavy atom. The highest BCUT2D eigenvalue weighted by atomic mass is 16.5. The highest BCUT2D eigenvalue weighted by Crippen LogP contribution is 2.38. The first-order chi connectivity index (χ1) is 10.1. The molecule has 0 amide bonds. The lowest BCUT2D eigenvalue weighted by atomic mass is 10.0. The Bertz CT molecular complexity index is 642. The van der Waals surface area contributed by atoms with Crippen molar-refractivity contribution in [1.82, 2.24) is 0 Å². The number of nitrogen functional groups attached to an aromatic ring is 1. The molecule has 0 spiro atoms. The number of hydrogen-bond donors (Lipinski definition) is 1. The minimum absolute atomic E-state index is 0.202. The molecule has 0 radical (unpaired) electrons. The van der Waals surface area contributed by atoms with Crippen molar-refractivity contribution in [2.24, 2.45) is 0 Å². The van der Waals surface area contributed by atoms with Crippen molar-refractivity contribution in [3.8, 4) is 17.2 Å². The number of benzene rings is 2. The molecule has 0 atom stereocenters. The van der Waals surface area contributed by atoms with Crippen LogP contribution in [0.1, 0.15) is 15.9 Å². The molecule has 21 heavy (non-hydrogen) atoms. The molecule has 2 aromatic carbocycles. The zero-order chi connectivity index (χ0) is 15.4. The molecule has 2 N–H and O–H groups in total. The smallest absolute Gasteiger partial charge is 0.203 e. The quantitative estimate of drug-likeness (QED) is 0.676. The lowest BCUT2D eigenvalue weighted by Gasteiger charge is -2.14. The first-order valence-electron chi connectivity index (χ1n) is 6.31. The van der Waals surface area contributed by atoms with Gasteiger partial charge in [-0.05, 0) is 24.3 Å². The van der Waals surface area contributed by atoms with Gasteiger partial charge in [-0.3, -0.25) is 4.79 Å². The molecule has 0 aromatic heterocycles. The molecule has 2 rings (SSSR count). The molecule has 0 fully saturated rings. The van der Waals surface area contributed by atoms with Gasteiger partial charge in [-0.15, -0.1) is 0 Å². The second kappa shape index (κ2) is 6.17. The number of rotatable bonds is 5. The summed E-state index contributed by atoms with van der Waals surface area (Å²) in [5.74, 6) is 1.09. The third-order valence-corrected chi connectivity index (χ3v) is 3.13. The molecule has 0 saturated carbocycles. The number of para-hydroxylation sites is 1. The van der Waals surface area contributed by atoms with E-state index in [2.05, 4.69) is 0 Å². The highest BCUT2D eigenvalue weighted by Gasteiger charge is 2.19. The molecule has 0 saturated heterocycles. The van der Waals surface area contributed by atoms with Gasteiger partial charge >= 0.3 is 0 Å². The van der Waals surface area contributed by atoms with Crippen molar-refractivity contribution < 1.29 is 19.0 Å². The van der Waals surface area contributed by atoms with Crippen LogP contribution in [0.4, 0.5) is 5.69 Å². The summed E-state index contributed by atoms with van der Waals surface area (Å²) in [5.41, 5.74) is 7.13. The van der Waals surface area contributed by atoms with Crippen molar-refractivity contribution in [2.45, 2.75) is 0 Å². The first-order valence-corrected chi connectivity index (χ1v) is 6.31. The van der Waals surface area contributed by atoms with Crippen LogP contribution in [-0.2, 0) is 0 Å². The van der Waals surface area contributed by atoms with E-state index in [1.54, 1.807) is 36.4 Å². The lowest BCUT2D eigenvalue weighted by molar-refractivity contribution is 0.103. The fraction of sp³-hybridized carbons (Fsp3) is 0.188. The van der Waals surface area contributed by atoms with Crippen molar-refractivity contribution >= 4 is 11.5 Å². The summed E-state index contributed by atoms with van der Waals surface area (Å²) >= 11 is 0. The van der Waals surface area contributed by atoms with E-state index in [4.69, 9.17) is 19.9 Å². The maximum Gasteiger partial charge on any atom is 0.203 e. The maximum atomic E-state index is 12.6. The standard InChI is InChI=1S/C16H17NO4/c1-19-13-8-10(9-14(20-2)16(13)21-3)15(18)11-6-4-5-7-12(11)17/h4-9H,17H2,1-3H3. The highest BCUT2D eigenvalue weighted by molar-refractivity contribution is 6.12. The number of carbonyl (C=O) groups is 1. The van der Waals surface area contributed by atoms with Crippen LogP contribution in [0.5, 0.6) is 17.2 Å². The summed E-state index contributed by atoms with van der Waals surface area (Å²) in [5, 5.41) is 0. The van der Waals surface area contributed by atoms with Gasteiger partial charge in [-0.1, -0.05) is 12.1 Å². The van der Waals surface area contributed by atoms with Crippen LogP contribution in [0.2, 0.25) is 0 Å². The number of hydrogen-bond acceptors (Lipinski definition) is 5. The van der Waals surface area contributed by atoms with Gasteiger partial charge in [-0.2, -0.15) is 0 Å². The molecule has 0 heterocycles. The van der Waals surface area contributed by atoms with Gasteiger partial charge in [0.2, 0.25) is 5.75 Å². The van der Waals surface area contributed by atoms with Gasteiger partial charge in [0, 0.05) is 16.8 Å². The molecule has 0 aliphatic rings. The number of anilines is 1. The molecule has 0 aliphatic carbocycles. The summed E-state index contributed by atoms with van der Waals surface area (Å²) in [6.45, 7) is 0. The van der Waals surface area contributed by atoms with Crippen molar-refractivity contribution in [2.75, 3.05) is 27.1 Å². The van der Waals surface area contributed by atoms with Gasteiger partial charge in [0.1, 0.15) is 0 Å². The molecule has 5 nitrogen and oxygen atoms in total. The van der Waals surface area contributed by atoms with Crippen molar-refractivity contribution in [3.63, 3.8) is 0 Å². The van der Waals surface area contributed by atoms with Crippen LogP contribution in [0.15, 0.2) is 36.4 Å². The predicted molar refractivity (Wildman–Crippen MR) is 80.4 cm³/mol. The number of methoxy groups -OCH3 is 3. The number of nitrogens with two attached hydrogens (primary N) is 1. The van der Waals surface area contributed by atoms with Crippen LogP contribution in [0.3, 0.4) is 0 Å². The fourth-order valence-corrected chi connectivity index (χ4v) is 2.07. The Hall–Kier alpha value is -2.69. The number of ether oxygens (including phenoxy) is 3. The van der Waals surface area contributed by atoms with Gasteiger partial charge in [0.05, 0.1) is 21.3 Å². The molecular formula is C16H17NO4. The third-order valence-electron chi connectivity index (χ3n) is 3.13. The second-order valence-corrected chi connectivity index (χ2v) is 4.33. The van der Waals surface area contributed by atoms with Crippen LogP contribution in [0, 0.1) is 0 Å². The monoisotopic (exact) mass is 287 g/mol. The molecule has 0 aliphatic heterocycles. The maximum absolute atomic E-state index is 12.6.